The average molecular weight is 319 g/mol. The maximum Gasteiger partial charge on any atom is 0.422 e. The lowest BCUT2D eigenvalue weighted by atomic mass is 10.2. The molecule has 0 aliphatic carbocycles. The fraction of sp³-hybridized carbons (Fsp3) is 0.600. The zero-order chi connectivity index (χ0) is 16.2. The Morgan fingerprint density at radius 1 is 1.36 bits per heavy atom. The lowest BCUT2D eigenvalue weighted by Crippen LogP contribution is -2.31. The number of alkyl halides is 3. The van der Waals surface area contributed by atoms with Crippen LogP contribution < -0.4 is 4.74 Å². The molecule has 2 atom stereocenters. The Balaban J connectivity index is 1.98. The Hall–Kier alpha value is -1.31. The SMILES string of the molecule is CO[C@@H]1C[C@@H](CO)N(Cc2cccc(OCC(F)(F)F)c2)C1. The van der Waals surface area contributed by atoms with Crippen molar-refractivity contribution >= 4 is 0 Å². The lowest BCUT2D eigenvalue weighted by molar-refractivity contribution is -0.153. The molecule has 1 aliphatic heterocycles. The molecule has 2 rings (SSSR count). The zero-order valence-electron chi connectivity index (χ0n) is 12.3. The molecule has 1 N–H and O–H groups in total. The minimum Gasteiger partial charge on any atom is -0.484 e. The summed E-state index contributed by atoms with van der Waals surface area (Å²) in [5.74, 6) is 0.192. The van der Waals surface area contributed by atoms with E-state index in [1.807, 2.05) is 6.07 Å². The number of nitrogens with zero attached hydrogens (tertiary/aromatic N) is 1. The second kappa shape index (κ2) is 7.30. The van der Waals surface area contributed by atoms with Crippen LogP contribution >= 0.6 is 0 Å². The van der Waals surface area contributed by atoms with Crippen LogP contribution in [0.25, 0.3) is 0 Å². The molecule has 0 radical (unpaired) electrons. The number of likely N-dealkylation sites (tertiary alicyclic amines) is 1. The summed E-state index contributed by atoms with van der Waals surface area (Å²) in [6, 6.07) is 6.60. The van der Waals surface area contributed by atoms with Crippen molar-refractivity contribution in [3.8, 4) is 5.75 Å². The Bertz CT molecular complexity index is 481. The fourth-order valence-electron chi connectivity index (χ4n) is 2.63. The average Bonchev–Trinajstić information content (AvgIpc) is 2.87. The molecular formula is C15H20F3NO3. The van der Waals surface area contributed by atoms with Crippen molar-refractivity contribution in [3.63, 3.8) is 0 Å². The monoisotopic (exact) mass is 319 g/mol. The number of ether oxygens (including phenoxy) is 2. The number of methoxy groups -OCH3 is 1. The first-order valence-electron chi connectivity index (χ1n) is 7.07. The fourth-order valence-corrected chi connectivity index (χ4v) is 2.63. The first-order valence-corrected chi connectivity index (χ1v) is 7.07. The van der Waals surface area contributed by atoms with E-state index < -0.39 is 12.8 Å². The van der Waals surface area contributed by atoms with Crippen LogP contribution in [-0.4, -0.2) is 55.2 Å². The van der Waals surface area contributed by atoms with Gasteiger partial charge in [0.25, 0.3) is 0 Å². The van der Waals surface area contributed by atoms with Gasteiger partial charge in [-0.2, -0.15) is 13.2 Å². The molecule has 4 nitrogen and oxygen atoms in total. The third-order valence-electron chi connectivity index (χ3n) is 3.72. The summed E-state index contributed by atoms with van der Waals surface area (Å²) < 4.78 is 46.6. The molecule has 1 fully saturated rings. The highest BCUT2D eigenvalue weighted by Gasteiger charge is 2.31. The maximum absolute atomic E-state index is 12.2. The topological polar surface area (TPSA) is 41.9 Å². The van der Waals surface area contributed by atoms with E-state index in [0.717, 1.165) is 12.0 Å². The molecule has 7 heteroatoms. The van der Waals surface area contributed by atoms with Gasteiger partial charge in [-0.15, -0.1) is 0 Å². The van der Waals surface area contributed by atoms with Crippen LogP contribution in [0.1, 0.15) is 12.0 Å². The molecule has 1 aliphatic rings. The van der Waals surface area contributed by atoms with Crippen LogP contribution in [-0.2, 0) is 11.3 Å². The summed E-state index contributed by atoms with van der Waals surface area (Å²) in [7, 11) is 1.63. The molecule has 1 aromatic carbocycles. The van der Waals surface area contributed by atoms with E-state index in [-0.39, 0.29) is 24.5 Å². The number of halogens is 3. The smallest absolute Gasteiger partial charge is 0.422 e. The molecule has 0 unspecified atom stereocenters. The minimum absolute atomic E-state index is 0.00435. The molecular weight excluding hydrogens is 299 g/mol. The summed E-state index contributed by atoms with van der Waals surface area (Å²) >= 11 is 0. The van der Waals surface area contributed by atoms with E-state index in [1.165, 1.54) is 6.07 Å². The van der Waals surface area contributed by atoms with Gasteiger partial charge in [0, 0.05) is 26.2 Å². The number of hydrogen-bond donors (Lipinski definition) is 1. The van der Waals surface area contributed by atoms with Crippen molar-refractivity contribution in [3.05, 3.63) is 29.8 Å². The second-order valence-electron chi connectivity index (χ2n) is 5.41. The van der Waals surface area contributed by atoms with Crippen molar-refractivity contribution < 1.29 is 27.8 Å². The van der Waals surface area contributed by atoms with Gasteiger partial charge in [-0.25, -0.2) is 0 Å². The number of hydrogen-bond acceptors (Lipinski definition) is 4. The van der Waals surface area contributed by atoms with Crippen LogP contribution in [0, 0.1) is 0 Å². The van der Waals surface area contributed by atoms with Crippen molar-refractivity contribution in [2.45, 2.75) is 31.3 Å². The van der Waals surface area contributed by atoms with E-state index >= 15 is 0 Å². The van der Waals surface area contributed by atoms with Gasteiger partial charge < -0.3 is 14.6 Å². The van der Waals surface area contributed by atoms with E-state index in [2.05, 4.69) is 4.90 Å². The molecule has 22 heavy (non-hydrogen) atoms. The Kier molecular flexibility index (Phi) is 5.66. The quantitative estimate of drug-likeness (QED) is 0.873. The van der Waals surface area contributed by atoms with Crippen molar-refractivity contribution in [2.75, 3.05) is 26.9 Å². The normalized spacial score (nSPS) is 23.0. The predicted molar refractivity (Wildman–Crippen MR) is 74.7 cm³/mol. The molecule has 0 aromatic heterocycles. The zero-order valence-corrected chi connectivity index (χ0v) is 12.3. The summed E-state index contributed by atoms with van der Waals surface area (Å²) in [5, 5.41) is 9.41. The third kappa shape index (κ3) is 4.86. The summed E-state index contributed by atoms with van der Waals surface area (Å²) in [5.41, 5.74) is 0.842. The van der Waals surface area contributed by atoms with Crippen LogP contribution in [0.4, 0.5) is 13.2 Å². The highest BCUT2D eigenvalue weighted by atomic mass is 19.4. The van der Waals surface area contributed by atoms with Gasteiger partial charge in [0.05, 0.1) is 12.7 Å². The Morgan fingerprint density at radius 2 is 2.14 bits per heavy atom. The standard InChI is InChI=1S/C15H20F3NO3/c1-21-14-6-12(9-20)19(8-14)7-11-3-2-4-13(5-11)22-10-15(16,17)18/h2-5,12,14,20H,6-10H2,1H3/t12-,14+/m0/s1. The van der Waals surface area contributed by atoms with E-state index in [0.29, 0.717) is 13.1 Å². The van der Waals surface area contributed by atoms with Gasteiger partial charge >= 0.3 is 6.18 Å². The Labute approximate surface area is 127 Å². The molecule has 0 spiro atoms. The van der Waals surface area contributed by atoms with Crippen LogP contribution in [0.15, 0.2) is 24.3 Å². The molecule has 124 valence electrons. The van der Waals surface area contributed by atoms with Crippen LogP contribution in [0.5, 0.6) is 5.75 Å². The largest absolute Gasteiger partial charge is 0.484 e. The minimum atomic E-state index is -4.35. The van der Waals surface area contributed by atoms with Gasteiger partial charge in [0.2, 0.25) is 0 Å². The highest BCUT2D eigenvalue weighted by Crippen LogP contribution is 2.24. The first kappa shape index (κ1) is 17.1. The van der Waals surface area contributed by atoms with Crippen LogP contribution in [0.3, 0.4) is 0 Å². The van der Waals surface area contributed by atoms with Gasteiger partial charge in [-0.1, -0.05) is 12.1 Å². The number of rotatable bonds is 6. The number of aliphatic hydroxyl groups is 1. The summed E-state index contributed by atoms with van der Waals surface area (Å²) in [6.07, 6.45) is -3.53. The molecule has 1 heterocycles. The molecule has 0 bridgehead atoms. The number of benzene rings is 1. The molecule has 0 saturated carbocycles. The van der Waals surface area contributed by atoms with Gasteiger partial charge in [0.15, 0.2) is 6.61 Å². The highest BCUT2D eigenvalue weighted by molar-refractivity contribution is 5.28. The Morgan fingerprint density at radius 3 is 2.77 bits per heavy atom. The molecule has 1 saturated heterocycles. The van der Waals surface area contributed by atoms with E-state index in [9.17, 15) is 18.3 Å². The third-order valence-corrected chi connectivity index (χ3v) is 3.72. The van der Waals surface area contributed by atoms with Gasteiger partial charge in [0.1, 0.15) is 5.75 Å². The van der Waals surface area contributed by atoms with Crippen molar-refractivity contribution in [1.29, 1.82) is 0 Å². The second-order valence-corrected chi connectivity index (χ2v) is 5.41. The maximum atomic E-state index is 12.2. The van der Waals surface area contributed by atoms with E-state index in [1.54, 1.807) is 19.2 Å². The van der Waals surface area contributed by atoms with Gasteiger partial charge in [-0.3, -0.25) is 4.90 Å². The van der Waals surface area contributed by atoms with Gasteiger partial charge in [-0.05, 0) is 24.1 Å². The number of aliphatic hydroxyl groups excluding tert-OH is 1. The predicted octanol–water partition coefficient (Wildman–Crippen LogP) is 2.21. The summed E-state index contributed by atoms with van der Waals surface area (Å²) in [4.78, 5) is 2.07. The van der Waals surface area contributed by atoms with Crippen molar-refractivity contribution in [1.82, 2.24) is 4.90 Å². The first-order chi connectivity index (χ1) is 10.4. The molecule has 0 amide bonds. The van der Waals surface area contributed by atoms with E-state index in [4.69, 9.17) is 9.47 Å². The molecule has 1 aromatic rings. The summed E-state index contributed by atoms with van der Waals surface area (Å²) in [6.45, 7) is -0.0427. The van der Waals surface area contributed by atoms with Crippen molar-refractivity contribution in [2.24, 2.45) is 0 Å². The lowest BCUT2D eigenvalue weighted by Gasteiger charge is -2.22. The van der Waals surface area contributed by atoms with Crippen LogP contribution in [0.2, 0.25) is 0 Å².